The molecule has 0 aliphatic carbocycles. The van der Waals surface area contributed by atoms with E-state index in [9.17, 15) is 18.0 Å². The van der Waals surface area contributed by atoms with Crippen LogP contribution in [0.1, 0.15) is 29.3 Å². The predicted octanol–water partition coefficient (Wildman–Crippen LogP) is 3.84. The molecule has 0 radical (unpaired) electrons. The molecule has 0 N–H and O–H groups in total. The van der Waals surface area contributed by atoms with Crippen molar-refractivity contribution in [2.75, 3.05) is 13.1 Å². The van der Waals surface area contributed by atoms with Crippen LogP contribution in [0.5, 0.6) is 0 Å². The Balaban J connectivity index is 3.18. The van der Waals surface area contributed by atoms with Crippen LogP contribution in [-0.2, 0) is 6.18 Å². The first-order chi connectivity index (χ1) is 9.31. The molecule has 0 saturated carbocycles. The molecule has 3 nitrogen and oxygen atoms in total. The second-order valence-electron chi connectivity index (χ2n) is 3.98. The number of nitriles is 1. The third-order valence-corrected chi connectivity index (χ3v) is 3.17. The molecule has 0 bridgehead atoms. The van der Waals surface area contributed by atoms with Gasteiger partial charge in [-0.05, 0) is 25.1 Å². The molecule has 1 aromatic carbocycles. The topological polar surface area (TPSA) is 44.1 Å². The molecule has 1 amide bonds. The van der Waals surface area contributed by atoms with Gasteiger partial charge >= 0.3 is 6.18 Å². The Bertz CT molecular complexity index is 537. The summed E-state index contributed by atoms with van der Waals surface area (Å²) in [5.74, 6) is -0.720. The van der Waals surface area contributed by atoms with Crippen LogP contribution in [0.3, 0.4) is 0 Å². The molecule has 1 rings (SSSR count). The number of nitrogens with zero attached hydrogens (tertiary/aromatic N) is 2. The van der Waals surface area contributed by atoms with Crippen molar-refractivity contribution in [3.05, 3.63) is 33.8 Å². The second kappa shape index (κ2) is 6.75. The van der Waals surface area contributed by atoms with Gasteiger partial charge in [-0.15, -0.1) is 0 Å². The minimum Gasteiger partial charge on any atom is -0.338 e. The monoisotopic (exact) mass is 348 g/mol. The zero-order chi connectivity index (χ0) is 15.3. The number of alkyl halides is 3. The number of hydrogen-bond donors (Lipinski definition) is 0. The molecule has 1 aromatic rings. The van der Waals surface area contributed by atoms with E-state index in [1.54, 1.807) is 6.92 Å². The zero-order valence-corrected chi connectivity index (χ0v) is 12.3. The standard InChI is InChI=1S/C13H12BrF3N2O/c1-2-19(7-3-6-18)12(20)10-5-4-9(14)8-11(10)13(15,16)17/h4-5,8H,2-3,7H2,1H3. The van der Waals surface area contributed by atoms with Crippen molar-refractivity contribution in [2.24, 2.45) is 0 Å². The highest BCUT2D eigenvalue weighted by molar-refractivity contribution is 9.10. The van der Waals surface area contributed by atoms with Crippen LogP contribution in [0.2, 0.25) is 0 Å². The fraction of sp³-hybridized carbons (Fsp3) is 0.385. The molecule has 0 unspecified atom stereocenters. The van der Waals surface area contributed by atoms with Crippen molar-refractivity contribution in [3.8, 4) is 6.07 Å². The minimum absolute atomic E-state index is 0.0808. The number of hydrogen-bond acceptors (Lipinski definition) is 2. The molecule has 0 spiro atoms. The summed E-state index contributed by atoms with van der Waals surface area (Å²) < 4.78 is 39.1. The summed E-state index contributed by atoms with van der Waals surface area (Å²) in [5.41, 5.74) is -1.38. The Kier molecular flexibility index (Phi) is 5.57. The fourth-order valence-electron chi connectivity index (χ4n) is 1.70. The number of benzene rings is 1. The Morgan fingerprint density at radius 2 is 2.10 bits per heavy atom. The van der Waals surface area contributed by atoms with E-state index >= 15 is 0 Å². The first-order valence-corrected chi connectivity index (χ1v) is 6.63. The normalized spacial score (nSPS) is 11.0. The molecule has 7 heteroatoms. The highest BCUT2D eigenvalue weighted by atomic mass is 79.9. The van der Waals surface area contributed by atoms with Gasteiger partial charge in [0.05, 0.1) is 23.6 Å². The highest BCUT2D eigenvalue weighted by Gasteiger charge is 2.36. The van der Waals surface area contributed by atoms with Gasteiger partial charge in [0, 0.05) is 17.6 Å². The highest BCUT2D eigenvalue weighted by Crippen LogP contribution is 2.34. The number of rotatable bonds is 4. The molecule has 0 aliphatic heterocycles. The maximum atomic E-state index is 13.0. The average molecular weight is 349 g/mol. The van der Waals surface area contributed by atoms with Crippen molar-refractivity contribution in [1.29, 1.82) is 5.26 Å². The van der Waals surface area contributed by atoms with Crippen molar-refractivity contribution in [2.45, 2.75) is 19.5 Å². The summed E-state index contributed by atoms with van der Waals surface area (Å²) in [6.45, 7) is 2.01. The van der Waals surface area contributed by atoms with Gasteiger partial charge in [-0.3, -0.25) is 4.79 Å². The van der Waals surface area contributed by atoms with E-state index in [1.807, 2.05) is 6.07 Å². The van der Waals surface area contributed by atoms with Crippen molar-refractivity contribution in [3.63, 3.8) is 0 Å². The maximum absolute atomic E-state index is 13.0. The first kappa shape index (κ1) is 16.5. The van der Waals surface area contributed by atoms with Gasteiger partial charge in [-0.1, -0.05) is 15.9 Å². The van der Waals surface area contributed by atoms with E-state index in [1.165, 1.54) is 11.0 Å². The quantitative estimate of drug-likeness (QED) is 0.829. The van der Waals surface area contributed by atoms with Gasteiger partial charge in [0.1, 0.15) is 0 Å². The summed E-state index contributed by atoms with van der Waals surface area (Å²) in [5, 5.41) is 8.51. The van der Waals surface area contributed by atoms with Crippen LogP contribution in [0, 0.1) is 11.3 Å². The summed E-state index contributed by atoms with van der Waals surface area (Å²) in [7, 11) is 0. The van der Waals surface area contributed by atoms with Gasteiger partial charge in [0.15, 0.2) is 0 Å². The van der Waals surface area contributed by atoms with E-state index in [0.717, 1.165) is 12.1 Å². The van der Waals surface area contributed by atoms with E-state index in [2.05, 4.69) is 15.9 Å². The van der Waals surface area contributed by atoms with Crippen LogP contribution in [0.15, 0.2) is 22.7 Å². The van der Waals surface area contributed by atoms with Crippen molar-refractivity contribution in [1.82, 2.24) is 4.90 Å². The van der Waals surface area contributed by atoms with E-state index in [4.69, 9.17) is 5.26 Å². The van der Waals surface area contributed by atoms with Gasteiger partial charge in [-0.25, -0.2) is 0 Å². The molecule has 0 saturated heterocycles. The second-order valence-corrected chi connectivity index (χ2v) is 4.90. The van der Waals surface area contributed by atoms with Gasteiger partial charge in [0.25, 0.3) is 5.91 Å². The Morgan fingerprint density at radius 1 is 1.45 bits per heavy atom. The summed E-state index contributed by atoms with van der Waals surface area (Å²) >= 11 is 2.97. The van der Waals surface area contributed by atoms with Crippen molar-refractivity contribution >= 4 is 21.8 Å². The van der Waals surface area contributed by atoms with E-state index < -0.39 is 23.2 Å². The maximum Gasteiger partial charge on any atom is 0.417 e. The molecular formula is C13H12BrF3N2O. The molecule has 0 atom stereocenters. The minimum atomic E-state index is -4.61. The van der Waals surface area contributed by atoms with Gasteiger partial charge in [0.2, 0.25) is 0 Å². The molecule has 0 heterocycles. The Labute approximate surface area is 123 Å². The number of halogens is 4. The smallest absolute Gasteiger partial charge is 0.338 e. The summed E-state index contributed by atoms with van der Waals surface area (Å²) in [6, 6.07) is 5.28. The fourth-order valence-corrected chi connectivity index (χ4v) is 2.06. The number of amides is 1. The Hall–Kier alpha value is -1.55. The molecule has 0 fully saturated rings. The molecule has 108 valence electrons. The van der Waals surface area contributed by atoms with Crippen LogP contribution in [0.4, 0.5) is 13.2 Å². The number of carbonyl (C=O) groups excluding carboxylic acids is 1. The molecule has 0 aliphatic rings. The lowest BCUT2D eigenvalue weighted by Crippen LogP contribution is -2.33. The lowest BCUT2D eigenvalue weighted by atomic mass is 10.1. The molecule has 0 aromatic heterocycles. The van der Waals surface area contributed by atoms with E-state index in [0.29, 0.717) is 0 Å². The van der Waals surface area contributed by atoms with Crippen molar-refractivity contribution < 1.29 is 18.0 Å². The Morgan fingerprint density at radius 3 is 2.60 bits per heavy atom. The average Bonchev–Trinajstić information content (AvgIpc) is 2.38. The molecular weight excluding hydrogens is 337 g/mol. The first-order valence-electron chi connectivity index (χ1n) is 5.84. The lowest BCUT2D eigenvalue weighted by molar-refractivity contribution is -0.138. The predicted molar refractivity (Wildman–Crippen MR) is 71.0 cm³/mol. The number of carbonyl (C=O) groups is 1. The zero-order valence-electron chi connectivity index (χ0n) is 10.7. The summed E-state index contributed by atoms with van der Waals surface area (Å²) in [6.07, 6.45) is -4.53. The van der Waals surface area contributed by atoms with Crippen LogP contribution in [0.25, 0.3) is 0 Å². The SMILES string of the molecule is CCN(CCC#N)C(=O)c1ccc(Br)cc1C(F)(F)F. The third kappa shape index (κ3) is 3.97. The van der Waals surface area contributed by atoms with Crippen LogP contribution in [-0.4, -0.2) is 23.9 Å². The summed E-state index contributed by atoms with van der Waals surface area (Å²) in [4.78, 5) is 13.4. The lowest BCUT2D eigenvalue weighted by Gasteiger charge is -2.22. The van der Waals surface area contributed by atoms with Gasteiger partial charge < -0.3 is 4.90 Å². The van der Waals surface area contributed by atoms with Gasteiger partial charge in [-0.2, -0.15) is 18.4 Å². The van der Waals surface area contributed by atoms with E-state index in [-0.39, 0.29) is 24.0 Å². The largest absolute Gasteiger partial charge is 0.417 e. The molecule has 20 heavy (non-hydrogen) atoms. The van der Waals surface area contributed by atoms with Crippen LogP contribution >= 0.6 is 15.9 Å². The van der Waals surface area contributed by atoms with Crippen LogP contribution < -0.4 is 0 Å². The third-order valence-electron chi connectivity index (χ3n) is 2.68.